The molecule has 0 spiro atoms. The van der Waals surface area contributed by atoms with Crippen molar-refractivity contribution in [2.24, 2.45) is 5.73 Å². The van der Waals surface area contributed by atoms with Crippen LogP contribution in [0.4, 0.5) is 0 Å². The van der Waals surface area contributed by atoms with Crippen molar-refractivity contribution in [2.75, 3.05) is 18.0 Å². The summed E-state index contributed by atoms with van der Waals surface area (Å²) in [5, 5.41) is 1.92. The van der Waals surface area contributed by atoms with Gasteiger partial charge in [0.25, 0.3) is 10.1 Å². The average molecular weight is 245 g/mol. The van der Waals surface area contributed by atoms with E-state index in [4.69, 9.17) is 13.0 Å². The summed E-state index contributed by atoms with van der Waals surface area (Å²) in [4.78, 5) is 11.2. The van der Waals surface area contributed by atoms with Gasteiger partial charge in [0.2, 0.25) is 5.91 Å². The Kier molecular flexibility index (Phi) is 4.54. The molecule has 0 fully saturated rings. The number of carbonyl (C=O) groups excluding carboxylic acids is 1. The summed E-state index contributed by atoms with van der Waals surface area (Å²) in [5.74, 6) is -1.51. The lowest BCUT2D eigenvalue weighted by atomic mass is 10.5. The number of nitrogens with two attached hydrogens (primary N) is 1. The van der Waals surface area contributed by atoms with Gasteiger partial charge in [-0.25, -0.2) is 0 Å². The van der Waals surface area contributed by atoms with E-state index < -0.39 is 40.7 Å². The fourth-order valence-corrected chi connectivity index (χ4v) is 1.03. The van der Waals surface area contributed by atoms with Crippen LogP contribution in [0.3, 0.4) is 0 Å². The molecule has 84 valence electrons. The first kappa shape index (κ1) is 10.2. The van der Waals surface area contributed by atoms with E-state index in [1.165, 1.54) is 0 Å². The second kappa shape index (κ2) is 6.23. The van der Waals surface area contributed by atoms with E-state index in [-0.39, 0.29) is 5.75 Å². The predicted molar refractivity (Wildman–Crippen MR) is 55.9 cm³/mol. The first-order valence-corrected chi connectivity index (χ1v) is 5.95. The third-order valence-electron chi connectivity index (χ3n) is 1.23. The summed E-state index contributed by atoms with van der Waals surface area (Å²) in [7, 11) is -4.26. The molecule has 0 saturated carbocycles. The summed E-state index contributed by atoms with van der Waals surface area (Å²) < 4.78 is 43.8. The van der Waals surface area contributed by atoms with Crippen molar-refractivity contribution in [3.05, 3.63) is 0 Å². The van der Waals surface area contributed by atoms with E-state index in [9.17, 15) is 13.2 Å². The maximum Gasteiger partial charge on any atom is 0.264 e. The number of nitrogens with one attached hydrogen (secondary N) is 1. The number of hydrogen-bond acceptors (Lipinski definition) is 5. The summed E-state index contributed by atoms with van der Waals surface area (Å²) in [6, 6.07) is -0.968. The standard InChI is InChI=1S/C6H14N2O4S2/c7-5(4-13)6(9)8-2-1-3-14(10,11)12/h5,13H,1-4,7H2,(H,8,9)(H,10,11,12)/t5-/m0/s1/i2D2,6+1. The fraction of sp³-hybridized carbons (Fsp3) is 0.833. The quantitative estimate of drug-likeness (QED) is 0.262. The largest absolute Gasteiger partial charge is 0.355 e. The summed E-state index contributed by atoms with van der Waals surface area (Å²) in [5.41, 5.74) is 5.28. The van der Waals surface area contributed by atoms with Gasteiger partial charge in [-0.15, -0.1) is 0 Å². The lowest BCUT2D eigenvalue weighted by Crippen LogP contribution is -2.42. The Morgan fingerprint density at radius 3 is 2.71 bits per heavy atom. The average Bonchev–Trinajstić information content (AvgIpc) is 2.12. The van der Waals surface area contributed by atoms with Crippen LogP contribution >= 0.6 is 12.6 Å². The predicted octanol–water partition coefficient (Wildman–Crippen LogP) is -1.36. The minimum absolute atomic E-state index is 0.0419. The highest BCUT2D eigenvalue weighted by molar-refractivity contribution is 7.85. The van der Waals surface area contributed by atoms with Crippen LogP contribution in [0.25, 0.3) is 0 Å². The van der Waals surface area contributed by atoms with E-state index in [0.717, 1.165) is 0 Å². The highest BCUT2D eigenvalue weighted by Crippen LogP contribution is 1.88. The second-order valence-electron chi connectivity index (χ2n) is 2.49. The Bertz CT molecular complexity index is 346. The molecule has 0 aromatic heterocycles. The number of thiol groups is 1. The van der Waals surface area contributed by atoms with Gasteiger partial charge in [0.05, 0.1) is 11.8 Å². The van der Waals surface area contributed by atoms with E-state index in [2.05, 4.69) is 12.6 Å². The van der Waals surface area contributed by atoms with Crippen molar-refractivity contribution < 1.29 is 20.5 Å². The zero-order chi connectivity index (χ0) is 13.0. The van der Waals surface area contributed by atoms with E-state index >= 15 is 0 Å². The van der Waals surface area contributed by atoms with Crippen molar-refractivity contribution in [2.45, 2.75) is 12.5 Å². The molecule has 4 N–H and O–H groups in total. The first-order valence-electron chi connectivity index (χ1n) is 4.71. The van der Waals surface area contributed by atoms with Crippen LogP contribution in [-0.2, 0) is 14.9 Å². The maximum absolute atomic E-state index is 11.2. The Morgan fingerprint density at radius 1 is 1.71 bits per heavy atom. The highest BCUT2D eigenvalue weighted by Gasteiger charge is 2.10. The minimum atomic E-state index is -4.26. The molecule has 0 rings (SSSR count). The molecule has 6 nitrogen and oxygen atoms in total. The zero-order valence-electron chi connectivity index (χ0n) is 9.30. The molecule has 0 bridgehead atoms. The minimum Gasteiger partial charge on any atom is -0.355 e. The maximum atomic E-state index is 11.2. The molecule has 0 aromatic rings. The molecule has 1 atom stereocenters. The van der Waals surface area contributed by atoms with E-state index in [1.54, 1.807) is 0 Å². The SMILES string of the molecule is [2H]C([2H])(CCS(=O)(=O)O)N[13C](=O)[C@@H](N)CS. The van der Waals surface area contributed by atoms with Crippen LogP contribution < -0.4 is 11.1 Å². The topological polar surface area (TPSA) is 109 Å². The highest BCUT2D eigenvalue weighted by atomic mass is 32.2. The lowest BCUT2D eigenvalue weighted by molar-refractivity contribution is -0.121. The van der Waals surface area contributed by atoms with Gasteiger partial charge in [0.1, 0.15) is 0 Å². The Labute approximate surface area is 91.2 Å². The van der Waals surface area contributed by atoms with Gasteiger partial charge in [0.15, 0.2) is 0 Å². The molecule has 0 aliphatic heterocycles. The van der Waals surface area contributed by atoms with Gasteiger partial charge < -0.3 is 11.1 Å². The molecule has 0 saturated heterocycles. The molecular formula is C6H14N2O4S2. The second-order valence-corrected chi connectivity index (χ2v) is 4.43. The molecule has 0 aliphatic rings. The van der Waals surface area contributed by atoms with Crippen LogP contribution in [0.1, 0.15) is 9.16 Å². The molecule has 14 heavy (non-hydrogen) atoms. The number of hydrogen-bond donors (Lipinski definition) is 4. The fourth-order valence-electron chi connectivity index (χ4n) is 0.505. The lowest BCUT2D eigenvalue weighted by Gasteiger charge is -2.08. The molecule has 0 radical (unpaired) electrons. The van der Waals surface area contributed by atoms with Crippen molar-refractivity contribution in [1.82, 2.24) is 5.32 Å². The third kappa shape index (κ3) is 7.13. The molecule has 0 aromatic carbocycles. The number of carbonyl (C=O) groups is 1. The van der Waals surface area contributed by atoms with Crippen molar-refractivity contribution in [3.63, 3.8) is 0 Å². The number of amides is 1. The molecular weight excluding hydrogens is 229 g/mol. The van der Waals surface area contributed by atoms with Crippen molar-refractivity contribution >= 4 is 28.7 Å². The molecule has 8 heteroatoms. The van der Waals surface area contributed by atoms with Gasteiger partial charge >= 0.3 is 0 Å². The van der Waals surface area contributed by atoms with Crippen molar-refractivity contribution in [1.29, 1.82) is 0 Å². The van der Waals surface area contributed by atoms with Gasteiger partial charge in [0, 0.05) is 15.0 Å². The summed E-state index contributed by atoms with van der Waals surface area (Å²) in [6.07, 6.45) is -0.559. The van der Waals surface area contributed by atoms with Gasteiger partial charge in [-0.1, -0.05) is 0 Å². The van der Waals surface area contributed by atoms with Crippen molar-refractivity contribution in [3.8, 4) is 0 Å². The Morgan fingerprint density at radius 2 is 2.29 bits per heavy atom. The zero-order valence-corrected chi connectivity index (χ0v) is 9.01. The van der Waals surface area contributed by atoms with Crippen LogP contribution in [0.2, 0.25) is 0 Å². The monoisotopic (exact) mass is 245 g/mol. The summed E-state index contributed by atoms with van der Waals surface area (Å²) in [6.45, 7) is -2.24. The first-order chi connectivity index (χ1) is 7.07. The molecule has 0 aliphatic carbocycles. The van der Waals surface area contributed by atoms with E-state index in [0.29, 0.717) is 0 Å². The van der Waals surface area contributed by atoms with E-state index in [1.807, 2.05) is 5.32 Å². The molecule has 1 amide bonds. The smallest absolute Gasteiger partial charge is 0.264 e. The normalized spacial score (nSPS) is 16.8. The number of rotatable bonds is 6. The van der Waals surface area contributed by atoms with Crippen LogP contribution in [0, 0.1) is 0 Å². The van der Waals surface area contributed by atoms with Crippen LogP contribution in [-0.4, -0.2) is 42.9 Å². The third-order valence-corrected chi connectivity index (χ3v) is 2.34. The van der Waals surface area contributed by atoms with Gasteiger partial charge in [-0.3, -0.25) is 9.35 Å². The molecule has 0 unspecified atom stereocenters. The van der Waals surface area contributed by atoms with Crippen LogP contribution in [0.15, 0.2) is 0 Å². The Hall–Kier alpha value is -0.310. The van der Waals surface area contributed by atoms with Gasteiger partial charge in [-0.05, 0) is 6.42 Å². The summed E-state index contributed by atoms with van der Waals surface area (Å²) >= 11 is 3.76. The molecule has 0 heterocycles. The van der Waals surface area contributed by atoms with Gasteiger partial charge in [-0.2, -0.15) is 21.0 Å². The van der Waals surface area contributed by atoms with Crippen LogP contribution in [0.5, 0.6) is 0 Å². The Balaban J connectivity index is 4.30.